The van der Waals surface area contributed by atoms with E-state index in [9.17, 15) is 0 Å². The van der Waals surface area contributed by atoms with Crippen molar-refractivity contribution in [1.29, 1.82) is 0 Å². The van der Waals surface area contributed by atoms with E-state index in [2.05, 4.69) is 18.7 Å². The van der Waals surface area contributed by atoms with Gasteiger partial charge in [-0.1, -0.05) is 13.8 Å². The van der Waals surface area contributed by atoms with E-state index < -0.39 is 0 Å². The Balaban J connectivity index is 2.76. The van der Waals surface area contributed by atoms with Gasteiger partial charge in [-0.15, -0.1) is 0 Å². The van der Waals surface area contributed by atoms with E-state index in [0.29, 0.717) is 6.54 Å². The summed E-state index contributed by atoms with van der Waals surface area (Å²) in [6, 6.07) is 4.28. The van der Waals surface area contributed by atoms with Crippen LogP contribution in [-0.4, -0.2) is 24.5 Å². The smallest absolute Gasteiger partial charge is 0.122 e. The minimum absolute atomic E-state index is 0.230. The Morgan fingerprint density at radius 2 is 1.88 bits per heavy atom. The van der Waals surface area contributed by atoms with Crippen molar-refractivity contribution in [2.24, 2.45) is 5.73 Å². The van der Waals surface area contributed by atoms with Gasteiger partial charge >= 0.3 is 0 Å². The molecule has 0 aliphatic carbocycles. The molecule has 0 aliphatic rings. The van der Waals surface area contributed by atoms with Gasteiger partial charge in [0.15, 0.2) is 0 Å². The molecule has 0 aromatic carbocycles. The van der Waals surface area contributed by atoms with Gasteiger partial charge in [-0.05, 0) is 45.0 Å². The number of nitrogens with two attached hydrogens (primary N) is 1. The SMILES string of the molecule is CCCN(CCC)C(CN)c1ccc(C)o1. The van der Waals surface area contributed by atoms with Crippen molar-refractivity contribution in [3.05, 3.63) is 23.7 Å². The lowest BCUT2D eigenvalue weighted by molar-refractivity contribution is 0.178. The van der Waals surface area contributed by atoms with Crippen LogP contribution >= 0.6 is 0 Å². The number of aryl methyl sites for hydroxylation is 1. The van der Waals surface area contributed by atoms with Crippen LogP contribution in [0.15, 0.2) is 16.5 Å². The number of hydrogen-bond donors (Lipinski definition) is 1. The van der Waals surface area contributed by atoms with Gasteiger partial charge in [0.05, 0.1) is 6.04 Å². The van der Waals surface area contributed by atoms with Crippen molar-refractivity contribution in [1.82, 2.24) is 4.90 Å². The zero-order chi connectivity index (χ0) is 12.0. The predicted octanol–water partition coefficient (Wildman–Crippen LogP) is 2.71. The quantitative estimate of drug-likeness (QED) is 0.774. The molecule has 0 radical (unpaired) electrons. The summed E-state index contributed by atoms with van der Waals surface area (Å²) in [6.45, 7) is 9.15. The molecular formula is C13H24N2O. The molecule has 0 fully saturated rings. The molecule has 1 heterocycles. The van der Waals surface area contributed by atoms with Crippen LogP contribution in [0, 0.1) is 6.92 Å². The van der Waals surface area contributed by atoms with Crippen LogP contribution < -0.4 is 5.73 Å². The second-order valence-electron chi connectivity index (χ2n) is 4.24. The molecule has 0 amide bonds. The number of nitrogens with zero attached hydrogens (tertiary/aromatic N) is 1. The van der Waals surface area contributed by atoms with Crippen LogP contribution in [0.25, 0.3) is 0 Å². The summed E-state index contributed by atoms with van der Waals surface area (Å²) in [5.41, 5.74) is 5.87. The third-order valence-electron chi connectivity index (χ3n) is 2.78. The summed E-state index contributed by atoms with van der Waals surface area (Å²) >= 11 is 0. The van der Waals surface area contributed by atoms with E-state index in [1.807, 2.05) is 19.1 Å². The first-order valence-corrected chi connectivity index (χ1v) is 6.23. The minimum Gasteiger partial charge on any atom is -0.465 e. The lowest BCUT2D eigenvalue weighted by Crippen LogP contribution is -2.34. The largest absolute Gasteiger partial charge is 0.465 e. The van der Waals surface area contributed by atoms with Gasteiger partial charge in [0, 0.05) is 6.54 Å². The number of furan rings is 1. The topological polar surface area (TPSA) is 42.4 Å². The molecule has 0 saturated carbocycles. The highest BCUT2D eigenvalue weighted by Crippen LogP contribution is 2.22. The van der Waals surface area contributed by atoms with Crippen molar-refractivity contribution >= 4 is 0 Å². The van der Waals surface area contributed by atoms with Crippen molar-refractivity contribution < 1.29 is 4.42 Å². The Kier molecular flexibility index (Phi) is 5.56. The van der Waals surface area contributed by atoms with E-state index in [-0.39, 0.29) is 6.04 Å². The summed E-state index contributed by atoms with van der Waals surface area (Å²) in [4.78, 5) is 2.41. The maximum absolute atomic E-state index is 5.87. The molecule has 3 nitrogen and oxygen atoms in total. The molecule has 1 aromatic heterocycles. The fraction of sp³-hybridized carbons (Fsp3) is 0.692. The van der Waals surface area contributed by atoms with Gasteiger partial charge in [-0.2, -0.15) is 0 Å². The molecule has 0 saturated heterocycles. The van der Waals surface area contributed by atoms with Gasteiger partial charge in [-0.3, -0.25) is 4.90 Å². The van der Waals surface area contributed by atoms with E-state index in [1.54, 1.807) is 0 Å². The highest BCUT2D eigenvalue weighted by Gasteiger charge is 2.20. The molecule has 0 bridgehead atoms. The zero-order valence-corrected chi connectivity index (χ0v) is 10.7. The van der Waals surface area contributed by atoms with Crippen molar-refractivity contribution in [3.8, 4) is 0 Å². The molecule has 0 spiro atoms. The second-order valence-corrected chi connectivity index (χ2v) is 4.24. The van der Waals surface area contributed by atoms with Gasteiger partial charge in [0.25, 0.3) is 0 Å². The lowest BCUT2D eigenvalue weighted by atomic mass is 10.1. The van der Waals surface area contributed by atoms with Crippen molar-refractivity contribution in [2.75, 3.05) is 19.6 Å². The molecular weight excluding hydrogens is 200 g/mol. The summed E-state index contributed by atoms with van der Waals surface area (Å²) in [5.74, 6) is 1.96. The molecule has 1 unspecified atom stereocenters. The van der Waals surface area contributed by atoms with E-state index in [4.69, 9.17) is 10.2 Å². The zero-order valence-electron chi connectivity index (χ0n) is 10.7. The van der Waals surface area contributed by atoms with Gasteiger partial charge in [0.1, 0.15) is 11.5 Å². The Hall–Kier alpha value is -0.800. The third-order valence-corrected chi connectivity index (χ3v) is 2.78. The Bertz CT molecular complexity index is 290. The first-order chi connectivity index (χ1) is 7.72. The molecule has 16 heavy (non-hydrogen) atoms. The Morgan fingerprint density at radius 3 is 2.25 bits per heavy atom. The summed E-state index contributed by atoms with van der Waals surface area (Å²) in [6.07, 6.45) is 2.30. The lowest BCUT2D eigenvalue weighted by Gasteiger charge is -2.28. The van der Waals surface area contributed by atoms with E-state index in [1.165, 1.54) is 0 Å². The normalized spacial score (nSPS) is 13.3. The number of hydrogen-bond acceptors (Lipinski definition) is 3. The van der Waals surface area contributed by atoms with Crippen LogP contribution in [0.5, 0.6) is 0 Å². The van der Waals surface area contributed by atoms with Crippen LogP contribution in [-0.2, 0) is 0 Å². The van der Waals surface area contributed by atoms with Crippen molar-refractivity contribution in [2.45, 2.75) is 39.7 Å². The van der Waals surface area contributed by atoms with E-state index >= 15 is 0 Å². The number of rotatable bonds is 7. The summed E-state index contributed by atoms with van der Waals surface area (Å²) in [5, 5.41) is 0. The minimum atomic E-state index is 0.230. The first-order valence-electron chi connectivity index (χ1n) is 6.23. The third kappa shape index (κ3) is 3.35. The monoisotopic (exact) mass is 224 g/mol. The Labute approximate surface area is 98.6 Å². The summed E-state index contributed by atoms with van der Waals surface area (Å²) in [7, 11) is 0. The highest BCUT2D eigenvalue weighted by molar-refractivity contribution is 5.10. The van der Waals surface area contributed by atoms with Crippen LogP contribution in [0.1, 0.15) is 44.3 Å². The predicted molar refractivity (Wildman–Crippen MR) is 67.4 cm³/mol. The highest BCUT2D eigenvalue weighted by atomic mass is 16.3. The molecule has 1 aromatic rings. The molecule has 1 rings (SSSR count). The van der Waals surface area contributed by atoms with Crippen LogP contribution in [0.2, 0.25) is 0 Å². The maximum Gasteiger partial charge on any atom is 0.122 e. The van der Waals surface area contributed by atoms with Gasteiger partial charge in [-0.25, -0.2) is 0 Å². The van der Waals surface area contributed by atoms with Crippen LogP contribution in [0.4, 0.5) is 0 Å². The molecule has 0 aliphatic heterocycles. The van der Waals surface area contributed by atoms with Crippen molar-refractivity contribution in [3.63, 3.8) is 0 Å². The van der Waals surface area contributed by atoms with Crippen LogP contribution in [0.3, 0.4) is 0 Å². The van der Waals surface area contributed by atoms with Gasteiger partial charge < -0.3 is 10.2 Å². The average Bonchev–Trinajstić information content (AvgIpc) is 2.67. The van der Waals surface area contributed by atoms with E-state index in [0.717, 1.165) is 37.5 Å². The second kappa shape index (κ2) is 6.71. The molecule has 3 heteroatoms. The Morgan fingerprint density at radius 1 is 1.25 bits per heavy atom. The fourth-order valence-electron chi connectivity index (χ4n) is 2.08. The molecule has 92 valence electrons. The average molecular weight is 224 g/mol. The fourth-order valence-corrected chi connectivity index (χ4v) is 2.08. The molecule has 1 atom stereocenters. The first kappa shape index (κ1) is 13.3. The molecule has 2 N–H and O–H groups in total. The summed E-state index contributed by atoms with van der Waals surface area (Å²) < 4.78 is 5.69. The van der Waals surface area contributed by atoms with Gasteiger partial charge in [0.2, 0.25) is 0 Å². The standard InChI is InChI=1S/C13H24N2O/c1-4-8-15(9-5-2)12(10-14)13-7-6-11(3)16-13/h6-7,12H,4-5,8-10,14H2,1-3H3. The maximum atomic E-state index is 5.87.